The summed E-state index contributed by atoms with van der Waals surface area (Å²) in [6.45, 7) is 9.69. The maximum atomic E-state index is 10.6. The molecule has 4 heteroatoms. The smallest absolute Gasteiger partial charge is 0.273 e. The van der Waals surface area contributed by atoms with Crippen molar-refractivity contribution in [2.24, 2.45) is 5.92 Å². The van der Waals surface area contributed by atoms with Crippen LogP contribution in [0.4, 0.5) is 5.69 Å². The summed E-state index contributed by atoms with van der Waals surface area (Å²) in [5.74, 6) is 0.793. The molecule has 1 rings (SSSR count). The first-order chi connectivity index (χ1) is 7.41. The largest absolute Gasteiger partial charge is 0.490 e. The zero-order chi connectivity index (χ0) is 12.3. The summed E-state index contributed by atoms with van der Waals surface area (Å²) in [6.07, 6.45) is -0.208. The van der Waals surface area contributed by atoms with Crippen molar-refractivity contribution in [3.63, 3.8) is 0 Å². The van der Waals surface area contributed by atoms with Crippen molar-refractivity contribution < 1.29 is 9.66 Å². The third kappa shape index (κ3) is 2.95. The third-order valence-electron chi connectivity index (χ3n) is 2.40. The van der Waals surface area contributed by atoms with Crippen LogP contribution in [0.2, 0.25) is 0 Å². The van der Waals surface area contributed by atoms with E-state index in [1.807, 2.05) is 20.8 Å². The van der Waals surface area contributed by atoms with E-state index in [2.05, 4.69) is 6.92 Å². The lowest BCUT2D eigenvalue weighted by atomic mass is 10.1. The van der Waals surface area contributed by atoms with Gasteiger partial charge < -0.3 is 4.74 Å². The average molecular weight is 222 g/mol. The molecule has 0 amide bonds. The summed E-state index contributed by atoms with van der Waals surface area (Å²) in [5.41, 5.74) is 0.913. The van der Waals surface area contributed by atoms with Gasteiger partial charge in [-0.15, -0.1) is 0 Å². The molecule has 0 heterocycles. The van der Waals surface area contributed by atoms with Gasteiger partial charge in [0.05, 0.1) is 11.0 Å². The predicted molar refractivity (Wildman–Crippen MR) is 62.4 cm³/mol. The van der Waals surface area contributed by atoms with E-state index in [1.165, 1.54) is 12.1 Å². The van der Waals surface area contributed by atoms with Crippen LogP contribution in [0.15, 0.2) is 18.2 Å². The highest BCUT2D eigenvalue weighted by molar-refractivity contribution is 5.43. The first-order valence-corrected chi connectivity index (χ1v) is 5.16. The summed E-state index contributed by atoms with van der Waals surface area (Å²) in [4.78, 5) is 10.2. The molecule has 1 unspecified atom stereocenters. The summed E-state index contributed by atoms with van der Waals surface area (Å²) in [5, 5.41) is 10.6. The molecule has 1 radical (unpaired) electrons. The van der Waals surface area contributed by atoms with Crippen molar-refractivity contribution >= 4 is 5.69 Å². The second kappa shape index (κ2) is 4.96. The second-order valence-corrected chi connectivity index (χ2v) is 4.11. The summed E-state index contributed by atoms with van der Waals surface area (Å²) in [7, 11) is 0. The first kappa shape index (κ1) is 12.5. The van der Waals surface area contributed by atoms with Gasteiger partial charge in [0.1, 0.15) is 11.9 Å². The molecule has 0 fully saturated rings. The monoisotopic (exact) mass is 222 g/mol. The maximum absolute atomic E-state index is 10.6. The van der Waals surface area contributed by atoms with Crippen LogP contribution in [0.1, 0.15) is 19.4 Å². The Morgan fingerprint density at radius 3 is 2.56 bits per heavy atom. The van der Waals surface area contributed by atoms with E-state index in [0.29, 0.717) is 5.75 Å². The number of ether oxygens (including phenoxy) is 1. The summed E-state index contributed by atoms with van der Waals surface area (Å²) in [6, 6.07) is 4.59. The van der Waals surface area contributed by atoms with E-state index in [1.54, 1.807) is 6.07 Å². The van der Waals surface area contributed by atoms with Gasteiger partial charge in [-0.25, -0.2) is 0 Å². The molecule has 0 aliphatic carbocycles. The van der Waals surface area contributed by atoms with E-state index in [0.717, 1.165) is 5.56 Å². The lowest BCUT2D eigenvalue weighted by Gasteiger charge is -2.19. The Morgan fingerprint density at radius 2 is 2.06 bits per heavy atom. The molecular weight excluding hydrogens is 206 g/mol. The van der Waals surface area contributed by atoms with Crippen LogP contribution in [-0.2, 0) is 0 Å². The third-order valence-corrected chi connectivity index (χ3v) is 2.40. The molecule has 0 bridgehead atoms. The van der Waals surface area contributed by atoms with E-state index in [4.69, 9.17) is 4.74 Å². The van der Waals surface area contributed by atoms with Crippen LogP contribution in [-0.4, -0.2) is 11.0 Å². The molecule has 0 aromatic heterocycles. The molecule has 87 valence electrons. The van der Waals surface area contributed by atoms with Gasteiger partial charge in [0.2, 0.25) is 0 Å². The van der Waals surface area contributed by atoms with Crippen molar-refractivity contribution in [2.75, 3.05) is 0 Å². The van der Waals surface area contributed by atoms with Gasteiger partial charge in [0, 0.05) is 6.07 Å². The van der Waals surface area contributed by atoms with Gasteiger partial charge in [-0.3, -0.25) is 10.1 Å². The Kier molecular flexibility index (Phi) is 3.88. The van der Waals surface area contributed by atoms with Crippen LogP contribution in [0.3, 0.4) is 0 Å². The van der Waals surface area contributed by atoms with Gasteiger partial charge in [-0.2, -0.15) is 0 Å². The molecule has 1 aromatic rings. The minimum atomic E-state index is -0.431. The highest BCUT2D eigenvalue weighted by Gasteiger charge is 2.14. The number of nitrogens with zero attached hydrogens (tertiary/aromatic N) is 1. The molecule has 0 aliphatic heterocycles. The van der Waals surface area contributed by atoms with Crippen LogP contribution in [0.25, 0.3) is 0 Å². The molecule has 0 spiro atoms. The standard InChI is InChI=1S/C12H16NO3/c1-8(2)10(4)16-12-7-11(13(14)15)6-5-9(12)3/h5-8,10H,4H2,1-3H3. The number of aryl methyl sites for hydroxylation is 1. The Morgan fingerprint density at radius 1 is 1.44 bits per heavy atom. The van der Waals surface area contributed by atoms with Crippen molar-refractivity contribution in [1.82, 2.24) is 0 Å². The molecule has 0 aliphatic rings. The van der Waals surface area contributed by atoms with Crippen LogP contribution in [0.5, 0.6) is 5.75 Å². The SMILES string of the molecule is [CH2]C(Oc1cc([N+](=O)[O-])ccc1C)C(C)C. The number of hydrogen-bond acceptors (Lipinski definition) is 3. The maximum Gasteiger partial charge on any atom is 0.273 e. The molecule has 1 aromatic carbocycles. The van der Waals surface area contributed by atoms with Gasteiger partial charge in [-0.1, -0.05) is 13.8 Å². The van der Waals surface area contributed by atoms with Crippen molar-refractivity contribution in [1.29, 1.82) is 0 Å². The minimum absolute atomic E-state index is 0.0385. The molecule has 0 N–H and O–H groups in total. The average Bonchev–Trinajstić information content (AvgIpc) is 2.20. The Bertz CT molecular complexity index is 388. The highest BCUT2D eigenvalue weighted by atomic mass is 16.6. The molecule has 0 saturated carbocycles. The number of hydrogen-bond donors (Lipinski definition) is 0. The van der Waals surface area contributed by atoms with E-state index in [9.17, 15) is 10.1 Å². The number of benzene rings is 1. The zero-order valence-electron chi connectivity index (χ0n) is 9.77. The normalized spacial score (nSPS) is 12.6. The van der Waals surface area contributed by atoms with Gasteiger partial charge in [-0.05, 0) is 31.4 Å². The first-order valence-electron chi connectivity index (χ1n) is 5.16. The number of nitro groups is 1. The van der Waals surface area contributed by atoms with Crippen molar-refractivity contribution in [2.45, 2.75) is 26.9 Å². The topological polar surface area (TPSA) is 52.4 Å². The molecule has 16 heavy (non-hydrogen) atoms. The minimum Gasteiger partial charge on any atom is -0.490 e. The lowest BCUT2D eigenvalue weighted by Crippen LogP contribution is -2.19. The van der Waals surface area contributed by atoms with Crippen LogP contribution in [0, 0.1) is 29.9 Å². The summed E-state index contributed by atoms with van der Waals surface area (Å²) < 4.78 is 5.58. The molecule has 0 saturated heterocycles. The molecular formula is C12H16NO3. The summed E-state index contributed by atoms with van der Waals surface area (Å²) >= 11 is 0. The predicted octanol–water partition coefficient (Wildman–Crippen LogP) is 3.14. The number of rotatable bonds is 4. The number of nitro benzene ring substituents is 1. The zero-order valence-corrected chi connectivity index (χ0v) is 9.77. The number of non-ortho nitro benzene ring substituents is 1. The Hall–Kier alpha value is -1.58. The highest BCUT2D eigenvalue weighted by Crippen LogP contribution is 2.25. The second-order valence-electron chi connectivity index (χ2n) is 4.11. The molecule has 1 atom stereocenters. The van der Waals surface area contributed by atoms with Crippen molar-refractivity contribution in [3.05, 3.63) is 40.8 Å². The van der Waals surface area contributed by atoms with E-state index in [-0.39, 0.29) is 17.7 Å². The Balaban J connectivity index is 2.94. The van der Waals surface area contributed by atoms with E-state index >= 15 is 0 Å². The van der Waals surface area contributed by atoms with Gasteiger partial charge in [0.25, 0.3) is 5.69 Å². The lowest BCUT2D eigenvalue weighted by molar-refractivity contribution is -0.385. The molecule has 4 nitrogen and oxygen atoms in total. The van der Waals surface area contributed by atoms with Crippen molar-refractivity contribution in [3.8, 4) is 5.75 Å². The fourth-order valence-electron chi connectivity index (χ4n) is 1.13. The fourth-order valence-corrected chi connectivity index (χ4v) is 1.13. The van der Waals surface area contributed by atoms with Crippen LogP contribution < -0.4 is 4.74 Å². The van der Waals surface area contributed by atoms with Gasteiger partial charge >= 0.3 is 0 Å². The Labute approximate surface area is 95.4 Å². The fraction of sp³-hybridized carbons (Fsp3) is 0.417. The van der Waals surface area contributed by atoms with E-state index < -0.39 is 4.92 Å². The van der Waals surface area contributed by atoms with Crippen LogP contribution >= 0.6 is 0 Å². The quantitative estimate of drug-likeness (QED) is 0.581. The van der Waals surface area contributed by atoms with Gasteiger partial charge in [0.15, 0.2) is 0 Å².